The van der Waals surface area contributed by atoms with Crippen LogP contribution in [0.15, 0.2) is 42.9 Å². The Labute approximate surface area is 137 Å². The summed E-state index contributed by atoms with van der Waals surface area (Å²) in [7, 11) is 0. The summed E-state index contributed by atoms with van der Waals surface area (Å²) in [6, 6.07) is 8.99. The Hall–Kier alpha value is -2.23. The van der Waals surface area contributed by atoms with E-state index in [0.29, 0.717) is 24.8 Å². The minimum absolute atomic E-state index is 0.220. The SMILES string of the molecule is Cc1ccc([C@@H]2C[C@H](C)N(C(=O)CCc3cnccn3)C2)cc1. The van der Waals surface area contributed by atoms with E-state index in [9.17, 15) is 4.79 Å². The molecule has 0 unspecified atom stereocenters. The van der Waals surface area contributed by atoms with Gasteiger partial charge in [0.25, 0.3) is 0 Å². The fraction of sp³-hybridized carbons (Fsp3) is 0.421. The molecule has 0 aliphatic carbocycles. The lowest BCUT2D eigenvalue weighted by molar-refractivity contribution is -0.131. The van der Waals surface area contributed by atoms with Gasteiger partial charge in [-0.25, -0.2) is 0 Å². The maximum Gasteiger partial charge on any atom is 0.223 e. The van der Waals surface area contributed by atoms with E-state index >= 15 is 0 Å². The molecular formula is C19H23N3O. The topological polar surface area (TPSA) is 46.1 Å². The summed E-state index contributed by atoms with van der Waals surface area (Å²) in [5.41, 5.74) is 3.49. The second kappa shape index (κ2) is 6.90. The van der Waals surface area contributed by atoms with Crippen LogP contribution in [0.25, 0.3) is 0 Å². The van der Waals surface area contributed by atoms with Gasteiger partial charge in [0.15, 0.2) is 0 Å². The molecule has 3 rings (SSSR count). The van der Waals surface area contributed by atoms with E-state index < -0.39 is 0 Å². The maximum absolute atomic E-state index is 12.5. The van der Waals surface area contributed by atoms with Gasteiger partial charge in [-0.1, -0.05) is 29.8 Å². The highest BCUT2D eigenvalue weighted by atomic mass is 16.2. The summed E-state index contributed by atoms with van der Waals surface area (Å²) in [6.45, 7) is 5.07. The Morgan fingerprint density at radius 3 is 2.74 bits per heavy atom. The van der Waals surface area contributed by atoms with Crippen LogP contribution in [0.3, 0.4) is 0 Å². The Balaban J connectivity index is 1.59. The third-order valence-corrected chi connectivity index (χ3v) is 4.66. The van der Waals surface area contributed by atoms with Crippen molar-refractivity contribution in [2.24, 2.45) is 0 Å². The molecule has 23 heavy (non-hydrogen) atoms. The van der Waals surface area contributed by atoms with Crippen molar-refractivity contribution in [2.45, 2.75) is 45.1 Å². The van der Waals surface area contributed by atoms with E-state index in [4.69, 9.17) is 0 Å². The van der Waals surface area contributed by atoms with E-state index in [2.05, 4.69) is 48.1 Å². The zero-order valence-electron chi connectivity index (χ0n) is 13.8. The van der Waals surface area contributed by atoms with Crippen LogP contribution in [0.4, 0.5) is 0 Å². The summed E-state index contributed by atoms with van der Waals surface area (Å²) < 4.78 is 0. The quantitative estimate of drug-likeness (QED) is 0.871. The predicted molar refractivity (Wildman–Crippen MR) is 90.1 cm³/mol. The summed E-state index contributed by atoms with van der Waals surface area (Å²) in [4.78, 5) is 22.8. The van der Waals surface area contributed by atoms with Gasteiger partial charge in [0, 0.05) is 43.5 Å². The molecule has 4 heteroatoms. The normalized spacial score (nSPS) is 20.7. The Morgan fingerprint density at radius 1 is 1.26 bits per heavy atom. The number of carbonyl (C=O) groups is 1. The van der Waals surface area contributed by atoms with Crippen molar-refractivity contribution in [1.82, 2.24) is 14.9 Å². The molecule has 1 fully saturated rings. The second-order valence-electron chi connectivity index (χ2n) is 6.44. The van der Waals surface area contributed by atoms with Crippen LogP contribution < -0.4 is 0 Å². The lowest BCUT2D eigenvalue weighted by Gasteiger charge is -2.21. The molecule has 1 aromatic carbocycles. The Kier molecular flexibility index (Phi) is 4.70. The van der Waals surface area contributed by atoms with Gasteiger partial charge in [-0.15, -0.1) is 0 Å². The lowest BCUT2D eigenvalue weighted by Crippen LogP contribution is -2.34. The molecule has 120 valence electrons. The van der Waals surface area contributed by atoms with Gasteiger partial charge in [-0.3, -0.25) is 14.8 Å². The highest BCUT2D eigenvalue weighted by Gasteiger charge is 2.32. The summed E-state index contributed by atoms with van der Waals surface area (Å²) in [5, 5.41) is 0. The van der Waals surface area contributed by atoms with Gasteiger partial charge in [0.05, 0.1) is 5.69 Å². The molecule has 0 spiro atoms. The van der Waals surface area contributed by atoms with E-state index in [0.717, 1.165) is 18.7 Å². The monoisotopic (exact) mass is 309 g/mol. The molecule has 2 atom stereocenters. The number of carbonyl (C=O) groups excluding carboxylic acids is 1. The zero-order valence-corrected chi connectivity index (χ0v) is 13.8. The summed E-state index contributed by atoms with van der Waals surface area (Å²) in [6.07, 6.45) is 7.26. The molecule has 0 bridgehead atoms. The van der Waals surface area contributed by atoms with Gasteiger partial charge < -0.3 is 4.90 Å². The molecule has 0 saturated carbocycles. The van der Waals surface area contributed by atoms with Crippen LogP contribution in [-0.2, 0) is 11.2 Å². The first kappa shape index (κ1) is 15.7. The number of hydrogen-bond donors (Lipinski definition) is 0. The average molecular weight is 309 g/mol. The van der Waals surface area contributed by atoms with E-state index in [1.807, 2.05) is 4.90 Å². The third-order valence-electron chi connectivity index (χ3n) is 4.66. The first-order valence-corrected chi connectivity index (χ1v) is 8.24. The number of nitrogens with zero attached hydrogens (tertiary/aromatic N) is 3. The molecular weight excluding hydrogens is 286 g/mol. The van der Waals surface area contributed by atoms with E-state index in [-0.39, 0.29) is 5.91 Å². The highest BCUT2D eigenvalue weighted by molar-refractivity contribution is 5.77. The fourth-order valence-electron chi connectivity index (χ4n) is 3.30. The van der Waals surface area contributed by atoms with Gasteiger partial charge in [0.1, 0.15) is 0 Å². The van der Waals surface area contributed by atoms with Gasteiger partial charge in [-0.2, -0.15) is 0 Å². The number of rotatable bonds is 4. The fourth-order valence-corrected chi connectivity index (χ4v) is 3.30. The Morgan fingerprint density at radius 2 is 2.04 bits per heavy atom. The lowest BCUT2D eigenvalue weighted by atomic mass is 9.96. The van der Waals surface area contributed by atoms with Crippen molar-refractivity contribution in [3.8, 4) is 0 Å². The molecule has 1 aliphatic heterocycles. The number of aromatic nitrogens is 2. The number of likely N-dealkylation sites (tertiary alicyclic amines) is 1. The molecule has 4 nitrogen and oxygen atoms in total. The minimum atomic E-state index is 0.220. The molecule has 2 heterocycles. The van der Waals surface area contributed by atoms with Gasteiger partial charge >= 0.3 is 0 Å². The van der Waals surface area contributed by atoms with Gasteiger partial charge in [-0.05, 0) is 32.3 Å². The van der Waals surface area contributed by atoms with Crippen LogP contribution in [0.1, 0.15) is 42.5 Å². The number of hydrogen-bond acceptors (Lipinski definition) is 3. The summed E-state index contributed by atoms with van der Waals surface area (Å²) in [5.74, 6) is 0.670. The zero-order chi connectivity index (χ0) is 16.2. The highest BCUT2D eigenvalue weighted by Crippen LogP contribution is 2.32. The molecule has 0 N–H and O–H groups in total. The standard InChI is InChI=1S/C19H23N3O/c1-14-3-5-16(6-4-14)17-11-15(2)22(13-17)19(23)8-7-18-12-20-9-10-21-18/h3-6,9-10,12,15,17H,7-8,11,13H2,1-2H3/t15-,17+/m0/s1. The number of aryl methyl sites for hydroxylation is 2. The second-order valence-corrected chi connectivity index (χ2v) is 6.44. The third kappa shape index (κ3) is 3.76. The molecule has 1 amide bonds. The predicted octanol–water partition coefficient (Wildman–Crippen LogP) is 3.12. The molecule has 1 aromatic heterocycles. The minimum Gasteiger partial charge on any atom is -0.339 e. The van der Waals surface area contributed by atoms with Crippen LogP contribution in [0, 0.1) is 6.92 Å². The largest absolute Gasteiger partial charge is 0.339 e. The smallest absolute Gasteiger partial charge is 0.223 e. The molecule has 0 radical (unpaired) electrons. The van der Waals surface area contributed by atoms with Crippen molar-refractivity contribution in [3.05, 3.63) is 59.7 Å². The van der Waals surface area contributed by atoms with Crippen LogP contribution in [0.5, 0.6) is 0 Å². The van der Waals surface area contributed by atoms with Crippen molar-refractivity contribution in [1.29, 1.82) is 0 Å². The number of amides is 1. The molecule has 2 aromatic rings. The van der Waals surface area contributed by atoms with Crippen molar-refractivity contribution in [3.63, 3.8) is 0 Å². The average Bonchev–Trinajstić information content (AvgIpc) is 2.96. The first-order valence-electron chi connectivity index (χ1n) is 8.24. The van der Waals surface area contributed by atoms with Crippen molar-refractivity contribution in [2.75, 3.05) is 6.54 Å². The van der Waals surface area contributed by atoms with Crippen molar-refractivity contribution >= 4 is 5.91 Å². The Bertz CT molecular complexity index is 654. The summed E-state index contributed by atoms with van der Waals surface area (Å²) >= 11 is 0. The van der Waals surface area contributed by atoms with Crippen molar-refractivity contribution < 1.29 is 4.79 Å². The van der Waals surface area contributed by atoms with Gasteiger partial charge in [0.2, 0.25) is 5.91 Å². The van der Waals surface area contributed by atoms with Crippen LogP contribution in [-0.4, -0.2) is 33.4 Å². The van der Waals surface area contributed by atoms with E-state index in [1.165, 1.54) is 11.1 Å². The molecule has 1 aliphatic rings. The first-order chi connectivity index (χ1) is 11.1. The van der Waals surface area contributed by atoms with E-state index in [1.54, 1.807) is 18.6 Å². The molecule has 1 saturated heterocycles. The van der Waals surface area contributed by atoms with Crippen LogP contribution in [0.2, 0.25) is 0 Å². The maximum atomic E-state index is 12.5. The van der Waals surface area contributed by atoms with Crippen LogP contribution >= 0.6 is 0 Å². The number of benzene rings is 1.